The predicted molar refractivity (Wildman–Crippen MR) is 228 cm³/mol. The monoisotopic (exact) mass is 695 g/mol. The number of anilines is 3. The quantitative estimate of drug-likeness (QED) is 0.183. The van der Waals surface area contributed by atoms with Crippen LogP contribution in [0.2, 0.25) is 0 Å². The third kappa shape index (κ3) is 4.06. The summed E-state index contributed by atoms with van der Waals surface area (Å²) in [5.74, 6) is 0. The summed E-state index contributed by atoms with van der Waals surface area (Å²) >= 11 is 0. The number of hydrogen-bond acceptors (Lipinski definition) is 2. The summed E-state index contributed by atoms with van der Waals surface area (Å²) in [6.45, 7) is 14.1. The Balaban J connectivity index is 1.20. The van der Waals surface area contributed by atoms with Crippen LogP contribution in [0.25, 0.3) is 65.7 Å². The van der Waals surface area contributed by atoms with E-state index in [1.54, 1.807) is 0 Å². The molecule has 2 aliphatic carbocycles. The molecular formula is C52H41NO. The van der Waals surface area contributed by atoms with Gasteiger partial charge in [0.05, 0.1) is 11.4 Å². The van der Waals surface area contributed by atoms with Gasteiger partial charge in [-0.2, -0.15) is 0 Å². The fourth-order valence-electron chi connectivity index (χ4n) is 9.93. The first-order valence-corrected chi connectivity index (χ1v) is 19.2. The Kier molecular flexibility index (Phi) is 6.24. The molecule has 0 N–H and O–H groups in total. The second-order valence-electron chi connectivity index (χ2n) is 16.6. The summed E-state index contributed by atoms with van der Waals surface area (Å²) in [6.07, 6.45) is 0. The number of benzene rings is 8. The maximum Gasteiger partial charge on any atom is 0.159 e. The molecule has 0 atom stereocenters. The van der Waals surface area contributed by atoms with Crippen molar-refractivity contribution in [1.82, 2.24) is 0 Å². The highest BCUT2D eigenvalue weighted by molar-refractivity contribution is 6.14. The smallest absolute Gasteiger partial charge is 0.159 e. The highest BCUT2D eigenvalue weighted by Gasteiger charge is 2.43. The van der Waals surface area contributed by atoms with Crippen LogP contribution < -0.4 is 4.90 Å². The maximum atomic E-state index is 6.74. The second-order valence-corrected chi connectivity index (χ2v) is 16.6. The number of rotatable bonds is 3. The second kappa shape index (κ2) is 10.7. The normalized spacial score (nSPS) is 14.8. The number of aryl methyl sites for hydroxylation is 2. The van der Waals surface area contributed by atoms with Gasteiger partial charge in [0.15, 0.2) is 5.58 Å². The molecule has 2 aliphatic rings. The maximum absolute atomic E-state index is 6.74. The van der Waals surface area contributed by atoms with Gasteiger partial charge in [0.25, 0.3) is 0 Å². The van der Waals surface area contributed by atoms with Crippen LogP contribution >= 0.6 is 0 Å². The highest BCUT2D eigenvalue weighted by atomic mass is 16.3. The zero-order valence-electron chi connectivity index (χ0n) is 31.6. The molecule has 0 unspecified atom stereocenters. The molecule has 0 bridgehead atoms. The van der Waals surface area contributed by atoms with Crippen LogP contribution in [0.1, 0.15) is 61.1 Å². The van der Waals surface area contributed by atoms with Crippen molar-refractivity contribution in [2.45, 2.75) is 52.4 Å². The molecule has 0 saturated heterocycles. The molecular weight excluding hydrogens is 655 g/mol. The van der Waals surface area contributed by atoms with Crippen molar-refractivity contribution in [3.63, 3.8) is 0 Å². The number of para-hydroxylation sites is 2. The van der Waals surface area contributed by atoms with E-state index >= 15 is 0 Å². The van der Waals surface area contributed by atoms with Crippen molar-refractivity contribution in [2.75, 3.05) is 4.90 Å². The van der Waals surface area contributed by atoms with Crippen LogP contribution in [0.15, 0.2) is 144 Å². The zero-order chi connectivity index (χ0) is 36.7. The molecule has 0 aliphatic heterocycles. The minimum absolute atomic E-state index is 0.113. The minimum atomic E-state index is -0.240. The van der Waals surface area contributed by atoms with Gasteiger partial charge in [0.1, 0.15) is 5.58 Å². The molecule has 2 heteroatoms. The average molecular weight is 696 g/mol. The Labute approximate surface area is 316 Å². The van der Waals surface area contributed by atoms with Gasteiger partial charge in [0.2, 0.25) is 0 Å². The van der Waals surface area contributed by atoms with Crippen molar-refractivity contribution in [1.29, 1.82) is 0 Å². The standard InChI is InChI=1S/C52H41NO/c1-30-22-24-33(26-31(30)2)53(45-20-13-19-38-36-17-11-12-21-47(36)54-50(38)45)46-29-44-49(37-18-10-9-16-35(37)46)40-28-42-39(27-43(40)52(44,5)6)48-34-15-8-7-14-32(34)23-25-41(48)51(42,3)4/h7-29H,1-6H3. The third-order valence-corrected chi connectivity index (χ3v) is 13.0. The van der Waals surface area contributed by atoms with Crippen LogP contribution in [0.4, 0.5) is 17.1 Å². The molecule has 0 radical (unpaired) electrons. The molecule has 1 heterocycles. The van der Waals surface area contributed by atoms with Crippen LogP contribution in [-0.4, -0.2) is 0 Å². The Bertz CT molecular complexity index is 3080. The topological polar surface area (TPSA) is 16.4 Å². The van der Waals surface area contributed by atoms with Crippen molar-refractivity contribution >= 4 is 60.5 Å². The molecule has 1 aromatic heterocycles. The van der Waals surface area contributed by atoms with E-state index in [0.29, 0.717) is 0 Å². The van der Waals surface area contributed by atoms with Gasteiger partial charge in [-0.3, -0.25) is 0 Å². The lowest BCUT2D eigenvalue weighted by Crippen LogP contribution is -2.18. The summed E-state index contributed by atoms with van der Waals surface area (Å²) in [5, 5.41) is 7.40. The Morgan fingerprint density at radius 1 is 0.444 bits per heavy atom. The number of nitrogens with zero attached hydrogens (tertiary/aromatic N) is 1. The molecule has 8 aromatic carbocycles. The van der Waals surface area contributed by atoms with Gasteiger partial charge in [-0.05, 0) is 128 Å². The zero-order valence-corrected chi connectivity index (χ0v) is 31.6. The lowest BCUT2D eigenvalue weighted by atomic mass is 9.79. The SMILES string of the molecule is Cc1ccc(N(c2cc3c(c4ccccc24)-c2cc4c(cc2C3(C)C)-c2c(ccc3ccccc23)C4(C)C)c2cccc3c2oc2ccccc23)cc1C. The van der Waals surface area contributed by atoms with E-state index in [1.165, 1.54) is 77.2 Å². The minimum Gasteiger partial charge on any atom is -0.454 e. The van der Waals surface area contributed by atoms with Gasteiger partial charge in [-0.1, -0.05) is 125 Å². The van der Waals surface area contributed by atoms with Crippen molar-refractivity contribution in [2.24, 2.45) is 0 Å². The number of furan rings is 1. The van der Waals surface area contributed by atoms with Crippen LogP contribution in [0.5, 0.6) is 0 Å². The summed E-state index contributed by atoms with van der Waals surface area (Å²) in [4.78, 5) is 2.45. The van der Waals surface area contributed by atoms with Crippen LogP contribution in [-0.2, 0) is 10.8 Å². The molecule has 54 heavy (non-hydrogen) atoms. The molecule has 0 saturated carbocycles. The fourth-order valence-corrected chi connectivity index (χ4v) is 9.93. The van der Waals surface area contributed by atoms with Crippen LogP contribution in [0, 0.1) is 13.8 Å². The predicted octanol–water partition coefficient (Wildman–Crippen LogP) is 14.6. The Hall–Kier alpha value is -6.12. The summed E-state index contributed by atoms with van der Waals surface area (Å²) in [6, 6.07) is 52.0. The summed E-state index contributed by atoms with van der Waals surface area (Å²) < 4.78 is 6.74. The van der Waals surface area contributed by atoms with Crippen LogP contribution in [0.3, 0.4) is 0 Å². The van der Waals surface area contributed by atoms with E-state index in [1.807, 2.05) is 0 Å². The Morgan fingerprint density at radius 2 is 1.07 bits per heavy atom. The van der Waals surface area contributed by atoms with E-state index < -0.39 is 0 Å². The lowest BCUT2D eigenvalue weighted by Gasteiger charge is -2.30. The van der Waals surface area contributed by atoms with Crippen molar-refractivity contribution < 1.29 is 4.42 Å². The van der Waals surface area contributed by atoms with Crippen molar-refractivity contribution in [3.8, 4) is 22.3 Å². The lowest BCUT2D eigenvalue weighted by molar-refractivity contribution is 0.652. The summed E-state index contributed by atoms with van der Waals surface area (Å²) in [7, 11) is 0. The first kappa shape index (κ1) is 31.4. The van der Waals surface area contributed by atoms with Gasteiger partial charge < -0.3 is 9.32 Å². The van der Waals surface area contributed by atoms with Gasteiger partial charge in [0, 0.05) is 32.7 Å². The number of fused-ring (bicyclic) bond motifs is 13. The van der Waals surface area contributed by atoms with Gasteiger partial charge >= 0.3 is 0 Å². The first-order valence-electron chi connectivity index (χ1n) is 19.2. The van der Waals surface area contributed by atoms with Gasteiger partial charge in [-0.15, -0.1) is 0 Å². The first-order chi connectivity index (χ1) is 26.1. The number of hydrogen-bond donors (Lipinski definition) is 0. The molecule has 2 nitrogen and oxygen atoms in total. The largest absolute Gasteiger partial charge is 0.454 e. The van der Waals surface area contributed by atoms with E-state index in [0.717, 1.165) is 39.0 Å². The Morgan fingerprint density at radius 3 is 1.83 bits per heavy atom. The fraction of sp³-hybridized carbons (Fsp3) is 0.154. The van der Waals surface area contributed by atoms with Crippen molar-refractivity contribution in [3.05, 3.63) is 173 Å². The molecule has 0 amide bonds. The molecule has 0 spiro atoms. The highest BCUT2D eigenvalue weighted by Crippen LogP contribution is 2.60. The summed E-state index contributed by atoms with van der Waals surface area (Å²) in [5.41, 5.74) is 18.4. The van der Waals surface area contributed by atoms with E-state index in [9.17, 15) is 0 Å². The molecule has 260 valence electrons. The van der Waals surface area contributed by atoms with E-state index in [4.69, 9.17) is 4.42 Å². The molecule has 0 fully saturated rings. The van der Waals surface area contributed by atoms with E-state index in [-0.39, 0.29) is 10.8 Å². The van der Waals surface area contributed by atoms with Gasteiger partial charge in [-0.25, -0.2) is 0 Å². The van der Waals surface area contributed by atoms with E-state index in [2.05, 4.69) is 186 Å². The molecule has 11 rings (SSSR count). The third-order valence-electron chi connectivity index (χ3n) is 13.0. The average Bonchev–Trinajstić information content (AvgIpc) is 3.75. The molecule has 9 aromatic rings.